The molecule has 0 aliphatic carbocycles. The van der Waals surface area contributed by atoms with Gasteiger partial charge in [-0.2, -0.15) is 5.10 Å². The van der Waals surface area contributed by atoms with Gasteiger partial charge in [0.05, 0.1) is 6.54 Å². The Morgan fingerprint density at radius 1 is 1.43 bits per heavy atom. The van der Waals surface area contributed by atoms with Crippen molar-refractivity contribution in [2.75, 3.05) is 6.54 Å². The van der Waals surface area contributed by atoms with Crippen molar-refractivity contribution in [3.8, 4) is 5.75 Å². The molecule has 3 rings (SSSR count). The SMILES string of the molecule is CCCn1nccc1C(=O)NCC1Cc2ccccc2O1. The Kier molecular flexibility index (Phi) is 3.90. The van der Waals surface area contributed by atoms with E-state index < -0.39 is 0 Å². The highest BCUT2D eigenvalue weighted by molar-refractivity contribution is 5.92. The molecule has 1 aliphatic heterocycles. The maximum atomic E-state index is 12.2. The van der Waals surface area contributed by atoms with E-state index in [2.05, 4.69) is 23.4 Å². The van der Waals surface area contributed by atoms with Crippen molar-refractivity contribution in [2.24, 2.45) is 0 Å². The molecule has 0 fully saturated rings. The molecule has 0 saturated heterocycles. The zero-order valence-corrected chi connectivity index (χ0v) is 12.1. The van der Waals surface area contributed by atoms with Crippen LogP contribution >= 0.6 is 0 Å². The molecule has 2 heterocycles. The molecule has 0 radical (unpaired) electrons. The third kappa shape index (κ3) is 2.91. The van der Waals surface area contributed by atoms with Gasteiger partial charge in [0.2, 0.25) is 0 Å². The summed E-state index contributed by atoms with van der Waals surface area (Å²) in [4.78, 5) is 12.2. The van der Waals surface area contributed by atoms with Gasteiger partial charge in [-0.3, -0.25) is 9.48 Å². The number of aryl methyl sites for hydroxylation is 1. The van der Waals surface area contributed by atoms with Gasteiger partial charge in [-0.05, 0) is 24.1 Å². The van der Waals surface area contributed by atoms with Crippen molar-refractivity contribution >= 4 is 5.91 Å². The number of fused-ring (bicyclic) bond motifs is 1. The standard InChI is InChI=1S/C16H19N3O2/c1-2-9-19-14(7-8-18-19)16(20)17-11-13-10-12-5-3-4-6-15(12)21-13/h3-8,13H,2,9-11H2,1H3,(H,17,20). The molecule has 0 saturated carbocycles. The molecule has 0 bridgehead atoms. The molecule has 0 spiro atoms. The average molecular weight is 285 g/mol. The lowest BCUT2D eigenvalue weighted by Crippen LogP contribution is -2.35. The highest BCUT2D eigenvalue weighted by Crippen LogP contribution is 2.27. The van der Waals surface area contributed by atoms with E-state index in [1.807, 2.05) is 18.2 Å². The molecule has 1 unspecified atom stereocenters. The normalized spacial score (nSPS) is 16.3. The summed E-state index contributed by atoms with van der Waals surface area (Å²) >= 11 is 0. The van der Waals surface area contributed by atoms with Crippen molar-refractivity contribution in [2.45, 2.75) is 32.4 Å². The van der Waals surface area contributed by atoms with E-state index in [1.165, 1.54) is 5.56 Å². The summed E-state index contributed by atoms with van der Waals surface area (Å²) in [5.74, 6) is 0.827. The Balaban J connectivity index is 1.56. The van der Waals surface area contributed by atoms with E-state index in [1.54, 1.807) is 16.9 Å². The second-order valence-electron chi connectivity index (χ2n) is 5.20. The van der Waals surface area contributed by atoms with Crippen molar-refractivity contribution in [1.82, 2.24) is 15.1 Å². The predicted molar refractivity (Wildman–Crippen MR) is 79.4 cm³/mol. The molecule has 1 aromatic carbocycles. The molecular weight excluding hydrogens is 266 g/mol. The number of nitrogens with zero attached hydrogens (tertiary/aromatic N) is 2. The van der Waals surface area contributed by atoms with Gasteiger partial charge in [0.15, 0.2) is 0 Å². The number of rotatable bonds is 5. The van der Waals surface area contributed by atoms with Gasteiger partial charge in [-0.25, -0.2) is 0 Å². The molecule has 5 nitrogen and oxygen atoms in total. The third-order valence-corrected chi connectivity index (χ3v) is 3.59. The molecule has 1 aliphatic rings. The fourth-order valence-corrected chi connectivity index (χ4v) is 2.58. The summed E-state index contributed by atoms with van der Waals surface area (Å²) in [5, 5.41) is 7.10. The van der Waals surface area contributed by atoms with Crippen LogP contribution in [0.3, 0.4) is 0 Å². The minimum Gasteiger partial charge on any atom is -0.488 e. The Morgan fingerprint density at radius 3 is 3.10 bits per heavy atom. The summed E-state index contributed by atoms with van der Waals surface area (Å²) < 4.78 is 7.55. The van der Waals surface area contributed by atoms with Crippen LogP contribution in [0, 0.1) is 0 Å². The topological polar surface area (TPSA) is 56.2 Å². The summed E-state index contributed by atoms with van der Waals surface area (Å²) in [6.45, 7) is 3.32. The minimum absolute atomic E-state index is 0.00824. The largest absolute Gasteiger partial charge is 0.488 e. The molecule has 21 heavy (non-hydrogen) atoms. The van der Waals surface area contributed by atoms with Crippen LogP contribution in [0.4, 0.5) is 0 Å². The molecule has 2 aromatic rings. The number of para-hydroxylation sites is 1. The molecule has 1 aromatic heterocycles. The fraction of sp³-hybridized carbons (Fsp3) is 0.375. The van der Waals surface area contributed by atoms with Crippen molar-refractivity contribution in [1.29, 1.82) is 0 Å². The van der Waals surface area contributed by atoms with Crippen LogP contribution in [0.5, 0.6) is 5.75 Å². The van der Waals surface area contributed by atoms with Gasteiger partial charge in [0.25, 0.3) is 5.91 Å². The van der Waals surface area contributed by atoms with Gasteiger partial charge >= 0.3 is 0 Å². The first-order valence-electron chi connectivity index (χ1n) is 7.32. The highest BCUT2D eigenvalue weighted by atomic mass is 16.5. The van der Waals surface area contributed by atoms with Crippen molar-refractivity contribution < 1.29 is 9.53 Å². The van der Waals surface area contributed by atoms with E-state index in [-0.39, 0.29) is 12.0 Å². The van der Waals surface area contributed by atoms with Gasteiger partial charge < -0.3 is 10.1 Å². The fourth-order valence-electron chi connectivity index (χ4n) is 2.58. The van der Waals surface area contributed by atoms with Crippen LogP contribution in [-0.2, 0) is 13.0 Å². The zero-order valence-electron chi connectivity index (χ0n) is 12.1. The number of hydrogen-bond acceptors (Lipinski definition) is 3. The van der Waals surface area contributed by atoms with Crippen LogP contribution in [0.1, 0.15) is 29.4 Å². The summed E-state index contributed by atoms with van der Waals surface area (Å²) in [7, 11) is 0. The van der Waals surface area contributed by atoms with Gasteiger partial charge in [0.1, 0.15) is 17.5 Å². The smallest absolute Gasteiger partial charge is 0.269 e. The van der Waals surface area contributed by atoms with Crippen molar-refractivity contribution in [3.05, 3.63) is 47.8 Å². The maximum absolute atomic E-state index is 12.2. The molecule has 1 atom stereocenters. The summed E-state index contributed by atoms with van der Waals surface area (Å²) in [5.41, 5.74) is 1.81. The summed E-state index contributed by atoms with van der Waals surface area (Å²) in [6, 6.07) is 9.74. The van der Waals surface area contributed by atoms with Crippen LogP contribution < -0.4 is 10.1 Å². The Labute approximate surface area is 123 Å². The van der Waals surface area contributed by atoms with Gasteiger partial charge in [-0.15, -0.1) is 0 Å². The van der Waals surface area contributed by atoms with Gasteiger partial charge in [0, 0.05) is 19.2 Å². The number of benzene rings is 1. The second kappa shape index (κ2) is 5.99. The molecule has 1 amide bonds. The van der Waals surface area contributed by atoms with E-state index in [4.69, 9.17) is 4.74 Å². The lowest BCUT2D eigenvalue weighted by atomic mass is 10.1. The zero-order chi connectivity index (χ0) is 14.7. The van der Waals surface area contributed by atoms with Crippen LogP contribution in [-0.4, -0.2) is 28.3 Å². The number of amides is 1. The predicted octanol–water partition coefficient (Wildman–Crippen LogP) is 2.03. The molecular formula is C16H19N3O2. The van der Waals surface area contributed by atoms with Crippen molar-refractivity contribution in [3.63, 3.8) is 0 Å². The van der Waals surface area contributed by atoms with E-state index in [0.717, 1.165) is 25.1 Å². The number of nitrogens with one attached hydrogen (secondary N) is 1. The van der Waals surface area contributed by atoms with Crippen LogP contribution in [0.25, 0.3) is 0 Å². The Morgan fingerprint density at radius 2 is 2.29 bits per heavy atom. The Hall–Kier alpha value is -2.30. The number of hydrogen-bond donors (Lipinski definition) is 1. The summed E-state index contributed by atoms with van der Waals surface area (Å²) in [6.07, 6.45) is 3.45. The quantitative estimate of drug-likeness (QED) is 0.914. The monoisotopic (exact) mass is 285 g/mol. The number of carbonyl (C=O) groups is 1. The highest BCUT2D eigenvalue weighted by Gasteiger charge is 2.23. The number of aromatic nitrogens is 2. The number of ether oxygens (including phenoxy) is 1. The van der Waals surface area contributed by atoms with E-state index in [0.29, 0.717) is 12.2 Å². The Bertz CT molecular complexity index is 611. The maximum Gasteiger partial charge on any atom is 0.269 e. The molecule has 5 heteroatoms. The molecule has 1 N–H and O–H groups in total. The van der Waals surface area contributed by atoms with Gasteiger partial charge in [-0.1, -0.05) is 25.1 Å². The van der Waals surface area contributed by atoms with E-state index >= 15 is 0 Å². The molecule has 110 valence electrons. The number of carbonyl (C=O) groups excluding carboxylic acids is 1. The minimum atomic E-state index is -0.0968. The second-order valence-corrected chi connectivity index (χ2v) is 5.20. The first-order chi connectivity index (χ1) is 10.3. The third-order valence-electron chi connectivity index (χ3n) is 3.59. The van der Waals surface area contributed by atoms with E-state index in [9.17, 15) is 4.79 Å². The lowest BCUT2D eigenvalue weighted by Gasteiger charge is -2.12. The average Bonchev–Trinajstić information content (AvgIpc) is 3.11. The first-order valence-corrected chi connectivity index (χ1v) is 7.32. The first kappa shape index (κ1) is 13.7. The van der Waals surface area contributed by atoms with Crippen LogP contribution in [0.2, 0.25) is 0 Å². The van der Waals surface area contributed by atoms with Crippen LogP contribution in [0.15, 0.2) is 36.5 Å². The lowest BCUT2D eigenvalue weighted by molar-refractivity contribution is 0.0922.